The lowest BCUT2D eigenvalue weighted by atomic mass is 9.91. The van der Waals surface area contributed by atoms with Crippen molar-refractivity contribution in [2.45, 2.75) is 51.1 Å². The average Bonchev–Trinajstić information content (AvgIpc) is 2.66. The lowest BCUT2D eigenvalue weighted by Gasteiger charge is -2.42. The molecule has 1 spiro atoms. The lowest BCUT2D eigenvalue weighted by Crippen LogP contribution is -2.68. The van der Waals surface area contributed by atoms with Gasteiger partial charge in [-0.15, -0.1) is 0 Å². The van der Waals surface area contributed by atoms with Crippen LogP contribution in [0.4, 0.5) is 0 Å². The van der Waals surface area contributed by atoms with Gasteiger partial charge in [0, 0.05) is 6.54 Å². The van der Waals surface area contributed by atoms with Crippen molar-refractivity contribution >= 4 is 11.8 Å². The van der Waals surface area contributed by atoms with Crippen molar-refractivity contribution in [2.75, 3.05) is 6.54 Å². The van der Waals surface area contributed by atoms with E-state index in [-0.39, 0.29) is 17.9 Å². The Morgan fingerprint density at radius 3 is 2.53 bits per heavy atom. The Morgan fingerprint density at radius 2 is 2.00 bits per heavy atom. The molecule has 15 heavy (non-hydrogen) atoms. The second-order valence-corrected chi connectivity index (χ2v) is 4.55. The molecule has 0 aromatic rings. The van der Waals surface area contributed by atoms with E-state index in [0.717, 1.165) is 25.7 Å². The number of hydrogen-bond donors (Lipinski definition) is 1. The Balaban J connectivity index is 2.28. The Labute approximate surface area is 90.0 Å². The molecule has 1 aliphatic carbocycles. The topological polar surface area (TPSA) is 49.4 Å². The van der Waals surface area contributed by atoms with Crippen LogP contribution in [0.1, 0.15) is 39.5 Å². The van der Waals surface area contributed by atoms with Crippen molar-refractivity contribution in [2.24, 2.45) is 0 Å². The van der Waals surface area contributed by atoms with Gasteiger partial charge in [0.05, 0.1) is 0 Å². The summed E-state index contributed by atoms with van der Waals surface area (Å²) < 4.78 is 0. The highest BCUT2D eigenvalue weighted by Gasteiger charge is 2.50. The van der Waals surface area contributed by atoms with Crippen molar-refractivity contribution in [3.05, 3.63) is 0 Å². The molecule has 1 saturated heterocycles. The van der Waals surface area contributed by atoms with Crippen LogP contribution in [-0.4, -0.2) is 34.8 Å². The van der Waals surface area contributed by atoms with E-state index in [1.165, 1.54) is 0 Å². The first-order valence-electron chi connectivity index (χ1n) is 5.74. The fraction of sp³-hybridized carbons (Fsp3) is 0.818. The first-order valence-corrected chi connectivity index (χ1v) is 5.74. The molecular formula is C11H18N2O2. The zero-order chi connectivity index (χ0) is 11.1. The molecule has 1 unspecified atom stereocenters. The summed E-state index contributed by atoms with van der Waals surface area (Å²) in [7, 11) is 0. The van der Waals surface area contributed by atoms with Crippen LogP contribution in [0.15, 0.2) is 0 Å². The van der Waals surface area contributed by atoms with Crippen LogP contribution in [-0.2, 0) is 9.59 Å². The second kappa shape index (κ2) is 3.51. The maximum atomic E-state index is 12.2. The van der Waals surface area contributed by atoms with E-state index in [4.69, 9.17) is 0 Å². The molecule has 2 amide bonds. The minimum Gasteiger partial charge on any atom is -0.340 e. The summed E-state index contributed by atoms with van der Waals surface area (Å²) in [5.41, 5.74) is -0.556. The Kier molecular flexibility index (Phi) is 2.44. The summed E-state index contributed by atoms with van der Waals surface area (Å²) in [5, 5.41) is 2.93. The summed E-state index contributed by atoms with van der Waals surface area (Å²) in [6.45, 7) is 4.34. The number of rotatable bonds is 1. The van der Waals surface area contributed by atoms with Crippen molar-refractivity contribution in [3.8, 4) is 0 Å². The number of hydrogen-bond acceptors (Lipinski definition) is 2. The van der Waals surface area contributed by atoms with Gasteiger partial charge < -0.3 is 10.2 Å². The lowest BCUT2D eigenvalue weighted by molar-refractivity contribution is -0.153. The SMILES string of the molecule is CCN1C(=O)C2(CCCC2)NC(=O)C1C. The molecule has 0 aromatic carbocycles. The third-order valence-corrected chi connectivity index (χ3v) is 3.68. The highest BCUT2D eigenvalue weighted by atomic mass is 16.2. The van der Waals surface area contributed by atoms with Crippen LogP contribution in [0.2, 0.25) is 0 Å². The summed E-state index contributed by atoms with van der Waals surface area (Å²) in [5.74, 6) is 0.118. The molecule has 1 atom stereocenters. The van der Waals surface area contributed by atoms with Gasteiger partial charge in [0.2, 0.25) is 11.8 Å². The standard InChI is InChI=1S/C11H18N2O2/c1-3-13-8(2)9(14)12-11(10(13)15)6-4-5-7-11/h8H,3-7H2,1-2H3,(H,12,14). The first-order chi connectivity index (χ1) is 7.10. The molecule has 84 valence electrons. The van der Waals surface area contributed by atoms with E-state index in [2.05, 4.69) is 5.32 Å². The van der Waals surface area contributed by atoms with Gasteiger partial charge in [0.1, 0.15) is 11.6 Å². The predicted octanol–water partition coefficient (Wildman–Crippen LogP) is 0.666. The quantitative estimate of drug-likeness (QED) is 0.691. The van der Waals surface area contributed by atoms with Crippen LogP contribution >= 0.6 is 0 Å². The molecule has 1 aliphatic heterocycles. The summed E-state index contributed by atoms with van der Waals surface area (Å²) in [6.07, 6.45) is 3.69. The largest absolute Gasteiger partial charge is 0.340 e. The molecule has 1 saturated carbocycles. The number of likely N-dealkylation sites (N-methyl/N-ethyl adjacent to an activating group) is 1. The Bertz CT molecular complexity index is 295. The van der Waals surface area contributed by atoms with Crippen molar-refractivity contribution in [3.63, 3.8) is 0 Å². The van der Waals surface area contributed by atoms with Crippen molar-refractivity contribution < 1.29 is 9.59 Å². The molecule has 0 aromatic heterocycles. The van der Waals surface area contributed by atoms with E-state index >= 15 is 0 Å². The fourth-order valence-corrected chi connectivity index (χ4v) is 2.72. The molecule has 4 heteroatoms. The molecule has 0 bridgehead atoms. The monoisotopic (exact) mass is 210 g/mol. The van der Waals surface area contributed by atoms with Crippen LogP contribution in [0.5, 0.6) is 0 Å². The highest BCUT2D eigenvalue weighted by molar-refractivity contribution is 5.99. The maximum absolute atomic E-state index is 12.2. The zero-order valence-electron chi connectivity index (χ0n) is 9.38. The molecule has 2 fully saturated rings. The second-order valence-electron chi connectivity index (χ2n) is 4.55. The van der Waals surface area contributed by atoms with E-state index in [1.54, 1.807) is 11.8 Å². The van der Waals surface area contributed by atoms with Gasteiger partial charge in [0.25, 0.3) is 0 Å². The number of piperazine rings is 1. The van der Waals surface area contributed by atoms with E-state index < -0.39 is 5.54 Å². The van der Waals surface area contributed by atoms with Gasteiger partial charge in [0.15, 0.2) is 0 Å². The van der Waals surface area contributed by atoms with E-state index in [9.17, 15) is 9.59 Å². The van der Waals surface area contributed by atoms with E-state index in [0.29, 0.717) is 6.54 Å². The van der Waals surface area contributed by atoms with Gasteiger partial charge in [-0.1, -0.05) is 12.8 Å². The van der Waals surface area contributed by atoms with Gasteiger partial charge in [-0.25, -0.2) is 0 Å². The third kappa shape index (κ3) is 1.43. The summed E-state index contributed by atoms with van der Waals surface area (Å²) >= 11 is 0. The minimum atomic E-state index is -0.556. The number of carbonyl (C=O) groups is 2. The summed E-state index contributed by atoms with van der Waals surface area (Å²) in [6, 6.07) is -0.311. The fourth-order valence-electron chi connectivity index (χ4n) is 2.72. The van der Waals surface area contributed by atoms with Crippen LogP contribution < -0.4 is 5.32 Å². The van der Waals surface area contributed by atoms with Crippen LogP contribution in [0, 0.1) is 0 Å². The van der Waals surface area contributed by atoms with Crippen LogP contribution in [0.25, 0.3) is 0 Å². The predicted molar refractivity (Wildman–Crippen MR) is 56.2 cm³/mol. The van der Waals surface area contributed by atoms with Gasteiger partial charge in [-0.2, -0.15) is 0 Å². The molecule has 0 radical (unpaired) electrons. The maximum Gasteiger partial charge on any atom is 0.248 e. The van der Waals surface area contributed by atoms with Gasteiger partial charge in [-0.3, -0.25) is 9.59 Å². The van der Waals surface area contributed by atoms with Gasteiger partial charge >= 0.3 is 0 Å². The first kappa shape index (κ1) is 10.5. The number of nitrogens with one attached hydrogen (secondary N) is 1. The Hall–Kier alpha value is -1.06. The number of amides is 2. The average molecular weight is 210 g/mol. The third-order valence-electron chi connectivity index (χ3n) is 3.68. The number of nitrogens with zero attached hydrogens (tertiary/aromatic N) is 1. The molecular weight excluding hydrogens is 192 g/mol. The van der Waals surface area contributed by atoms with Crippen molar-refractivity contribution in [1.82, 2.24) is 10.2 Å². The van der Waals surface area contributed by atoms with Crippen LogP contribution in [0.3, 0.4) is 0 Å². The molecule has 4 nitrogen and oxygen atoms in total. The zero-order valence-corrected chi connectivity index (χ0v) is 9.38. The molecule has 1 N–H and O–H groups in total. The van der Waals surface area contributed by atoms with Gasteiger partial charge in [-0.05, 0) is 26.7 Å². The minimum absolute atomic E-state index is 0.00153. The molecule has 2 rings (SSSR count). The Morgan fingerprint density at radius 1 is 1.40 bits per heavy atom. The normalized spacial score (nSPS) is 29.7. The summed E-state index contributed by atoms with van der Waals surface area (Å²) in [4.78, 5) is 25.7. The number of carbonyl (C=O) groups excluding carboxylic acids is 2. The van der Waals surface area contributed by atoms with E-state index in [1.807, 2.05) is 6.92 Å². The molecule has 2 aliphatic rings. The smallest absolute Gasteiger partial charge is 0.248 e. The highest BCUT2D eigenvalue weighted by Crippen LogP contribution is 2.34. The van der Waals surface area contributed by atoms with Crippen molar-refractivity contribution in [1.29, 1.82) is 0 Å². The molecule has 1 heterocycles.